The van der Waals surface area contributed by atoms with Crippen molar-refractivity contribution in [2.24, 2.45) is 0 Å². The van der Waals surface area contributed by atoms with E-state index in [0.29, 0.717) is 6.61 Å². The largest absolute Gasteiger partial charge is 0.468 e. The molecule has 0 aromatic rings. The molecule has 3 atom stereocenters. The summed E-state index contributed by atoms with van der Waals surface area (Å²) < 4.78 is 16.5. The van der Waals surface area contributed by atoms with E-state index < -0.39 is 5.54 Å². The van der Waals surface area contributed by atoms with Gasteiger partial charge in [-0.05, 0) is 46.6 Å². The minimum absolute atomic E-state index is 0.140. The van der Waals surface area contributed by atoms with Crippen molar-refractivity contribution in [1.29, 1.82) is 0 Å². The molecular weight excluding hydrogens is 258 g/mol. The van der Waals surface area contributed by atoms with Gasteiger partial charge in [0.15, 0.2) is 0 Å². The van der Waals surface area contributed by atoms with Crippen LogP contribution < -0.4 is 5.32 Å². The molecule has 1 aliphatic rings. The molecule has 0 radical (unpaired) electrons. The number of methoxy groups -OCH3 is 1. The van der Waals surface area contributed by atoms with Gasteiger partial charge in [0.25, 0.3) is 0 Å². The van der Waals surface area contributed by atoms with E-state index >= 15 is 0 Å². The Morgan fingerprint density at radius 3 is 2.45 bits per heavy atom. The summed E-state index contributed by atoms with van der Waals surface area (Å²) in [5.74, 6) is -0.279. The maximum Gasteiger partial charge on any atom is 0.328 e. The molecule has 3 unspecified atom stereocenters. The van der Waals surface area contributed by atoms with Gasteiger partial charge in [-0.2, -0.15) is 0 Å². The van der Waals surface area contributed by atoms with Crippen LogP contribution in [0.25, 0.3) is 0 Å². The van der Waals surface area contributed by atoms with Crippen LogP contribution in [-0.2, 0) is 19.0 Å². The fraction of sp³-hybridized carbons (Fsp3) is 0.933. The summed E-state index contributed by atoms with van der Waals surface area (Å²) in [5.41, 5.74) is -0.782. The van der Waals surface area contributed by atoms with Crippen LogP contribution in [0, 0.1) is 0 Å². The van der Waals surface area contributed by atoms with Crippen molar-refractivity contribution in [2.75, 3.05) is 20.3 Å². The molecule has 20 heavy (non-hydrogen) atoms. The molecule has 0 bridgehead atoms. The van der Waals surface area contributed by atoms with Crippen molar-refractivity contribution in [2.45, 2.75) is 70.8 Å². The standard InChI is InChI=1S/C15H29NO4/c1-6-7-16-15(4,14(17)18-5)10-19-13-8-11(2)20-12(3)9-13/h11-13,16H,6-10H2,1-5H3. The van der Waals surface area contributed by atoms with Crippen LogP contribution in [0.2, 0.25) is 0 Å². The van der Waals surface area contributed by atoms with Gasteiger partial charge in [0.05, 0.1) is 32.0 Å². The van der Waals surface area contributed by atoms with Crippen LogP contribution in [0.15, 0.2) is 0 Å². The van der Waals surface area contributed by atoms with Crippen molar-refractivity contribution in [3.05, 3.63) is 0 Å². The maximum atomic E-state index is 12.0. The first-order valence-corrected chi connectivity index (χ1v) is 7.51. The number of nitrogens with one attached hydrogen (secondary N) is 1. The molecule has 5 heteroatoms. The van der Waals surface area contributed by atoms with Gasteiger partial charge < -0.3 is 19.5 Å². The lowest BCUT2D eigenvalue weighted by Crippen LogP contribution is -2.55. The molecule has 1 saturated heterocycles. The second-order valence-electron chi connectivity index (χ2n) is 5.91. The molecule has 0 saturated carbocycles. The lowest BCUT2D eigenvalue weighted by Gasteiger charge is -2.35. The van der Waals surface area contributed by atoms with E-state index in [9.17, 15) is 4.79 Å². The monoisotopic (exact) mass is 287 g/mol. The Morgan fingerprint density at radius 1 is 1.35 bits per heavy atom. The molecular formula is C15H29NO4. The molecule has 0 amide bonds. The van der Waals surface area contributed by atoms with Crippen LogP contribution in [-0.4, -0.2) is 50.1 Å². The second kappa shape index (κ2) is 7.96. The van der Waals surface area contributed by atoms with Gasteiger partial charge in [0, 0.05) is 0 Å². The average molecular weight is 287 g/mol. The van der Waals surface area contributed by atoms with Gasteiger partial charge in [-0.15, -0.1) is 0 Å². The molecule has 1 fully saturated rings. The van der Waals surface area contributed by atoms with Crippen molar-refractivity contribution < 1.29 is 19.0 Å². The zero-order valence-corrected chi connectivity index (χ0v) is 13.4. The molecule has 1 N–H and O–H groups in total. The number of hydrogen-bond donors (Lipinski definition) is 1. The number of esters is 1. The molecule has 1 aliphatic heterocycles. The van der Waals surface area contributed by atoms with E-state index in [1.165, 1.54) is 7.11 Å². The second-order valence-corrected chi connectivity index (χ2v) is 5.91. The topological polar surface area (TPSA) is 56.8 Å². The van der Waals surface area contributed by atoms with Gasteiger partial charge >= 0.3 is 5.97 Å². The van der Waals surface area contributed by atoms with Crippen LogP contribution in [0.5, 0.6) is 0 Å². The summed E-state index contributed by atoms with van der Waals surface area (Å²) in [6.45, 7) is 9.09. The fourth-order valence-corrected chi connectivity index (χ4v) is 2.57. The van der Waals surface area contributed by atoms with Gasteiger partial charge in [-0.3, -0.25) is 0 Å². The first-order valence-electron chi connectivity index (χ1n) is 7.51. The molecule has 0 aromatic carbocycles. The first-order chi connectivity index (χ1) is 9.41. The van der Waals surface area contributed by atoms with Gasteiger partial charge in [0.1, 0.15) is 5.54 Å². The molecule has 5 nitrogen and oxygen atoms in total. The summed E-state index contributed by atoms with van der Waals surface area (Å²) in [5, 5.41) is 3.23. The lowest BCUT2D eigenvalue weighted by molar-refractivity contribution is -0.155. The predicted octanol–water partition coefficient (Wildman–Crippen LogP) is 1.89. The Morgan fingerprint density at radius 2 is 1.95 bits per heavy atom. The Labute approximate surface area is 122 Å². The summed E-state index contributed by atoms with van der Waals surface area (Å²) in [6.07, 6.45) is 3.25. The molecule has 1 rings (SSSR count). The number of rotatable bonds is 7. The van der Waals surface area contributed by atoms with Gasteiger partial charge in [-0.25, -0.2) is 4.79 Å². The average Bonchev–Trinajstić information content (AvgIpc) is 2.41. The summed E-state index contributed by atoms with van der Waals surface area (Å²) >= 11 is 0. The summed E-state index contributed by atoms with van der Waals surface area (Å²) in [6, 6.07) is 0. The zero-order chi connectivity index (χ0) is 15.2. The molecule has 0 aromatic heterocycles. The predicted molar refractivity (Wildman–Crippen MR) is 77.7 cm³/mol. The van der Waals surface area contributed by atoms with E-state index in [-0.39, 0.29) is 24.3 Å². The van der Waals surface area contributed by atoms with E-state index in [0.717, 1.165) is 25.8 Å². The number of ether oxygens (including phenoxy) is 3. The minimum Gasteiger partial charge on any atom is -0.468 e. The molecule has 1 heterocycles. The third-order valence-electron chi connectivity index (χ3n) is 3.66. The summed E-state index contributed by atoms with van der Waals surface area (Å²) in [7, 11) is 1.41. The Bertz CT molecular complexity index is 300. The number of carbonyl (C=O) groups excluding carboxylic acids is 1. The fourth-order valence-electron chi connectivity index (χ4n) is 2.57. The highest BCUT2D eigenvalue weighted by molar-refractivity contribution is 5.80. The van der Waals surface area contributed by atoms with E-state index in [1.807, 2.05) is 6.92 Å². The van der Waals surface area contributed by atoms with Gasteiger partial charge in [-0.1, -0.05) is 6.92 Å². The highest BCUT2D eigenvalue weighted by atomic mass is 16.5. The van der Waals surface area contributed by atoms with E-state index in [1.54, 1.807) is 0 Å². The molecule has 118 valence electrons. The Hall–Kier alpha value is -0.650. The highest BCUT2D eigenvalue weighted by Gasteiger charge is 2.36. The maximum absolute atomic E-state index is 12.0. The van der Waals surface area contributed by atoms with Crippen LogP contribution in [0.4, 0.5) is 0 Å². The Balaban J connectivity index is 2.55. The summed E-state index contributed by atoms with van der Waals surface area (Å²) in [4.78, 5) is 12.0. The smallest absolute Gasteiger partial charge is 0.328 e. The third kappa shape index (κ3) is 5.04. The highest BCUT2D eigenvalue weighted by Crippen LogP contribution is 2.22. The van der Waals surface area contributed by atoms with E-state index in [4.69, 9.17) is 14.2 Å². The van der Waals surface area contributed by atoms with Gasteiger partial charge in [0.2, 0.25) is 0 Å². The van der Waals surface area contributed by atoms with Crippen LogP contribution in [0.1, 0.15) is 47.0 Å². The number of carbonyl (C=O) groups is 1. The van der Waals surface area contributed by atoms with Crippen LogP contribution in [0.3, 0.4) is 0 Å². The number of hydrogen-bond acceptors (Lipinski definition) is 5. The van der Waals surface area contributed by atoms with Crippen molar-refractivity contribution in [3.63, 3.8) is 0 Å². The minimum atomic E-state index is -0.782. The molecule has 0 aliphatic carbocycles. The van der Waals surface area contributed by atoms with Crippen molar-refractivity contribution >= 4 is 5.97 Å². The van der Waals surface area contributed by atoms with Crippen molar-refractivity contribution in [3.8, 4) is 0 Å². The Kier molecular flexibility index (Phi) is 6.92. The lowest BCUT2D eigenvalue weighted by atomic mass is 10.0. The first kappa shape index (κ1) is 17.4. The van der Waals surface area contributed by atoms with Crippen LogP contribution >= 0.6 is 0 Å². The third-order valence-corrected chi connectivity index (χ3v) is 3.66. The zero-order valence-electron chi connectivity index (χ0n) is 13.4. The van der Waals surface area contributed by atoms with Crippen molar-refractivity contribution in [1.82, 2.24) is 5.32 Å². The quantitative estimate of drug-likeness (QED) is 0.725. The molecule has 0 spiro atoms. The normalized spacial score (nSPS) is 29.8. The van der Waals surface area contributed by atoms with E-state index in [2.05, 4.69) is 26.1 Å². The SMILES string of the molecule is CCCNC(C)(COC1CC(C)OC(C)C1)C(=O)OC.